The van der Waals surface area contributed by atoms with Crippen LogP contribution >= 0.6 is 0 Å². The molecule has 1 aliphatic carbocycles. The van der Waals surface area contributed by atoms with Gasteiger partial charge in [-0.2, -0.15) is 0 Å². The molecule has 4 rings (SSSR count). The van der Waals surface area contributed by atoms with Crippen molar-refractivity contribution in [2.45, 2.75) is 51.7 Å². The molecule has 2 fully saturated rings. The van der Waals surface area contributed by atoms with Crippen molar-refractivity contribution in [3.63, 3.8) is 0 Å². The minimum absolute atomic E-state index is 0.259. The van der Waals surface area contributed by atoms with E-state index >= 15 is 0 Å². The van der Waals surface area contributed by atoms with Gasteiger partial charge in [-0.1, -0.05) is 23.1 Å². The lowest BCUT2D eigenvalue weighted by Crippen LogP contribution is -2.25. The molecule has 1 saturated heterocycles. The topological polar surface area (TPSA) is 49.2 Å². The third kappa shape index (κ3) is 5.18. The van der Waals surface area contributed by atoms with Gasteiger partial charge in [-0.15, -0.1) is 5.10 Å². The highest BCUT2D eigenvalue weighted by Crippen LogP contribution is 2.28. The van der Waals surface area contributed by atoms with Crippen molar-refractivity contribution in [2.75, 3.05) is 19.8 Å². The van der Waals surface area contributed by atoms with Crippen molar-refractivity contribution < 1.29 is 9.47 Å². The Labute approximate surface area is 161 Å². The lowest BCUT2D eigenvalue weighted by Gasteiger charge is -2.22. The molecule has 1 aliphatic heterocycles. The van der Waals surface area contributed by atoms with Crippen LogP contribution < -0.4 is 0 Å². The molecule has 142 valence electrons. The monoisotopic (exact) mass is 365 g/mol. The fraction of sp³-hybridized carbons (Fsp3) is 0.545. The van der Waals surface area contributed by atoms with Crippen molar-refractivity contribution in [2.24, 2.45) is 5.92 Å². The molecule has 1 saturated carbocycles. The van der Waals surface area contributed by atoms with E-state index in [1.165, 1.54) is 31.2 Å². The highest BCUT2D eigenvalue weighted by molar-refractivity contribution is 5.64. The van der Waals surface area contributed by atoms with E-state index in [0.717, 1.165) is 29.8 Å². The third-order valence-corrected chi connectivity index (χ3v) is 5.08. The molecule has 0 N–H and O–H groups in total. The van der Waals surface area contributed by atoms with Gasteiger partial charge in [0.15, 0.2) is 0 Å². The van der Waals surface area contributed by atoms with Gasteiger partial charge in [-0.25, -0.2) is 4.68 Å². The van der Waals surface area contributed by atoms with Crippen molar-refractivity contribution in [3.05, 3.63) is 35.5 Å². The smallest absolute Gasteiger partial charge is 0.113 e. The van der Waals surface area contributed by atoms with Gasteiger partial charge in [0, 0.05) is 23.7 Å². The zero-order valence-electron chi connectivity index (χ0n) is 16.0. The minimum atomic E-state index is 0.259. The summed E-state index contributed by atoms with van der Waals surface area (Å²) in [5, 5.41) is 8.56. The molecule has 1 atom stereocenters. The Hall–Kier alpha value is -2.16. The summed E-state index contributed by atoms with van der Waals surface area (Å²) in [7, 11) is 0. The molecule has 27 heavy (non-hydrogen) atoms. The number of hydrogen-bond acceptors (Lipinski definition) is 4. The van der Waals surface area contributed by atoms with Crippen LogP contribution in [0.25, 0.3) is 11.3 Å². The van der Waals surface area contributed by atoms with Gasteiger partial charge >= 0.3 is 0 Å². The first-order chi connectivity index (χ1) is 13.3. The molecule has 1 aromatic carbocycles. The van der Waals surface area contributed by atoms with Crippen molar-refractivity contribution in [1.82, 2.24) is 15.0 Å². The Bertz CT molecular complexity index is 824. The molecule has 1 aromatic heterocycles. The summed E-state index contributed by atoms with van der Waals surface area (Å²) < 4.78 is 13.3. The van der Waals surface area contributed by atoms with Crippen LogP contribution in [0.15, 0.2) is 24.4 Å². The normalized spacial score (nSPS) is 19.5. The second kappa shape index (κ2) is 8.69. The molecule has 5 heteroatoms. The van der Waals surface area contributed by atoms with E-state index in [2.05, 4.69) is 47.3 Å². The zero-order valence-corrected chi connectivity index (χ0v) is 16.0. The fourth-order valence-corrected chi connectivity index (χ4v) is 3.28. The minimum Gasteiger partial charge on any atom is -0.377 e. The molecule has 0 amide bonds. The van der Waals surface area contributed by atoms with Crippen molar-refractivity contribution in [3.8, 4) is 23.1 Å². The molecule has 2 heterocycles. The summed E-state index contributed by atoms with van der Waals surface area (Å²) in [6.07, 6.45) is 8.27. The first-order valence-electron chi connectivity index (χ1n) is 10.00. The van der Waals surface area contributed by atoms with Gasteiger partial charge in [0.1, 0.15) is 5.69 Å². The van der Waals surface area contributed by atoms with E-state index in [9.17, 15) is 0 Å². The Balaban J connectivity index is 1.30. The van der Waals surface area contributed by atoms with Crippen LogP contribution in [0.5, 0.6) is 0 Å². The van der Waals surface area contributed by atoms with Crippen LogP contribution in [0.2, 0.25) is 0 Å². The number of aromatic nitrogens is 3. The third-order valence-electron chi connectivity index (χ3n) is 5.08. The summed E-state index contributed by atoms with van der Waals surface area (Å²) in [6, 6.07) is 6.30. The number of ether oxygens (including phenoxy) is 2. The molecule has 2 aromatic rings. The average Bonchev–Trinajstić information content (AvgIpc) is 3.41. The fourth-order valence-electron chi connectivity index (χ4n) is 3.28. The van der Waals surface area contributed by atoms with E-state index in [-0.39, 0.29) is 6.10 Å². The largest absolute Gasteiger partial charge is 0.377 e. The highest BCUT2D eigenvalue weighted by Gasteiger charge is 2.17. The highest BCUT2D eigenvalue weighted by atomic mass is 16.5. The molecule has 0 radical (unpaired) electrons. The number of nitrogens with zero attached hydrogens (tertiary/aromatic N) is 3. The van der Waals surface area contributed by atoms with E-state index in [0.29, 0.717) is 25.7 Å². The maximum Gasteiger partial charge on any atom is 0.113 e. The summed E-state index contributed by atoms with van der Waals surface area (Å²) in [5.74, 6) is 7.21. The maximum absolute atomic E-state index is 5.75. The van der Waals surface area contributed by atoms with Gasteiger partial charge in [0.2, 0.25) is 0 Å². The molecule has 0 bridgehead atoms. The van der Waals surface area contributed by atoms with E-state index < -0.39 is 0 Å². The lowest BCUT2D eigenvalue weighted by atomic mass is 10.0. The molecule has 5 nitrogen and oxygen atoms in total. The van der Waals surface area contributed by atoms with Crippen molar-refractivity contribution >= 4 is 0 Å². The van der Waals surface area contributed by atoms with E-state index in [1.807, 2.05) is 10.9 Å². The Kier molecular flexibility index (Phi) is 5.86. The zero-order chi connectivity index (χ0) is 18.5. The van der Waals surface area contributed by atoms with Gasteiger partial charge in [-0.3, -0.25) is 0 Å². The van der Waals surface area contributed by atoms with E-state index in [4.69, 9.17) is 9.47 Å². The van der Waals surface area contributed by atoms with Gasteiger partial charge in [0.25, 0.3) is 0 Å². The molecule has 2 aliphatic rings. The van der Waals surface area contributed by atoms with Crippen LogP contribution in [0.4, 0.5) is 0 Å². The van der Waals surface area contributed by atoms with E-state index in [1.54, 1.807) is 0 Å². The first kappa shape index (κ1) is 18.2. The first-order valence-corrected chi connectivity index (χ1v) is 10.00. The maximum atomic E-state index is 5.75. The summed E-state index contributed by atoms with van der Waals surface area (Å²) >= 11 is 0. The second-order valence-corrected chi connectivity index (χ2v) is 7.50. The molecule has 0 unspecified atom stereocenters. The number of hydrogen-bond donors (Lipinski definition) is 0. The number of aryl methyl sites for hydroxylation is 1. The van der Waals surface area contributed by atoms with Crippen LogP contribution in [0.3, 0.4) is 0 Å². The molecule has 0 spiro atoms. The second-order valence-electron chi connectivity index (χ2n) is 7.50. The SMILES string of the molecule is Cc1cc(C#CC2CC2)ccc1-c1cn(CCOC[C@H]2CCCCO2)nn1. The predicted molar refractivity (Wildman–Crippen MR) is 104 cm³/mol. The molecular weight excluding hydrogens is 338 g/mol. The summed E-state index contributed by atoms with van der Waals surface area (Å²) in [4.78, 5) is 0. The predicted octanol–water partition coefficient (Wildman–Crippen LogP) is 3.60. The summed E-state index contributed by atoms with van der Waals surface area (Å²) in [5.41, 5.74) is 4.25. The molecular formula is C22H27N3O2. The Morgan fingerprint density at radius 2 is 2.19 bits per heavy atom. The standard InChI is InChI=1S/C22H27N3O2/c1-17-14-19(8-7-18-5-6-18)9-10-21(17)22-15-25(24-23-22)11-13-26-16-20-4-2-3-12-27-20/h9-10,14-15,18,20H,2-6,11-13,16H2,1H3/t20-/m1/s1. The quantitative estimate of drug-likeness (QED) is 0.580. The van der Waals surface area contributed by atoms with Gasteiger partial charge < -0.3 is 9.47 Å². The van der Waals surface area contributed by atoms with Crippen LogP contribution in [0, 0.1) is 24.7 Å². The lowest BCUT2D eigenvalue weighted by molar-refractivity contribution is -0.0421. The van der Waals surface area contributed by atoms with Gasteiger partial charge in [0.05, 0.1) is 32.1 Å². The number of rotatable bonds is 6. The Morgan fingerprint density at radius 3 is 2.96 bits per heavy atom. The van der Waals surface area contributed by atoms with Crippen LogP contribution in [0.1, 0.15) is 43.2 Å². The van der Waals surface area contributed by atoms with Crippen LogP contribution in [-0.2, 0) is 16.0 Å². The van der Waals surface area contributed by atoms with Crippen LogP contribution in [-0.4, -0.2) is 40.9 Å². The Morgan fingerprint density at radius 1 is 1.26 bits per heavy atom. The summed E-state index contributed by atoms with van der Waals surface area (Å²) in [6.45, 7) is 4.96. The van der Waals surface area contributed by atoms with Crippen molar-refractivity contribution in [1.29, 1.82) is 0 Å². The average molecular weight is 365 g/mol. The van der Waals surface area contributed by atoms with Gasteiger partial charge in [-0.05, 0) is 56.7 Å². The number of benzene rings is 1.